The predicted octanol–water partition coefficient (Wildman–Crippen LogP) is 1.85. The van der Waals surface area contributed by atoms with E-state index in [0.717, 1.165) is 32.2 Å². The van der Waals surface area contributed by atoms with Crippen molar-refractivity contribution < 1.29 is 5.11 Å². The summed E-state index contributed by atoms with van der Waals surface area (Å²) in [6.45, 7) is 4.81. The molecule has 0 amide bonds. The molecule has 2 N–H and O–H groups in total. The van der Waals surface area contributed by atoms with Gasteiger partial charge in [-0.25, -0.2) is 0 Å². The van der Waals surface area contributed by atoms with Crippen molar-refractivity contribution >= 4 is 0 Å². The van der Waals surface area contributed by atoms with Crippen LogP contribution in [0.15, 0.2) is 12.2 Å². The van der Waals surface area contributed by atoms with Crippen LogP contribution in [0.3, 0.4) is 0 Å². The zero-order valence-electron chi connectivity index (χ0n) is 8.71. The number of nitrogens with one attached hydrogen (secondary N) is 1. The fourth-order valence-corrected chi connectivity index (χ4v) is 1.62. The van der Waals surface area contributed by atoms with Crippen molar-refractivity contribution in [1.29, 1.82) is 0 Å². The first-order chi connectivity index (χ1) is 6.20. The van der Waals surface area contributed by atoms with Gasteiger partial charge in [0.05, 0.1) is 5.60 Å². The molecule has 0 saturated heterocycles. The lowest BCUT2D eigenvalue weighted by molar-refractivity contribution is 0.0302. The molecule has 1 aliphatic rings. The van der Waals surface area contributed by atoms with Gasteiger partial charge in [0.1, 0.15) is 0 Å². The predicted molar refractivity (Wildman–Crippen MR) is 55.7 cm³/mol. The summed E-state index contributed by atoms with van der Waals surface area (Å²) in [6, 6.07) is 0.560. The Morgan fingerprint density at radius 1 is 1.31 bits per heavy atom. The van der Waals surface area contributed by atoms with Crippen LogP contribution in [0.1, 0.15) is 39.5 Å². The molecule has 0 bridgehead atoms. The molecule has 0 aromatic rings. The van der Waals surface area contributed by atoms with Crippen molar-refractivity contribution in [2.24, 2.45) is 0 Å². The summed E-state index contributed by atoms with van der Waals surface area (Å²) in [4.78, 5) is 0. The van der Waals surface area contributed by atoms with Crippen LogP contribution in [0.4, 0.5) is 0 Å². The minimum Gasteiger partial charge on any atom is -0.389 e. The van der Waals surface area contributed by atoms with Crippen LogP contribution >= 0.6 is 0 Å². The Balaban J connectivity index is 2.23. The maximum atomic E-state index is 10.0. The fraction of sp³-hybridized carbons (Fsp3) is 0.818. The van der Waals surface area contributed by atoms with E-state index in [0.29, 0.717) is 6.04 Å². The van der Waals surface area contributed by atoms with Crippen molar-refractivity contribution in [2.75, 3.05) is 6.54 Å². The van der Waals surface area contributed by atoms with Crippen LogP contribution in [0, 0.1) is 0 Å². The minimum absolute atomic E-state index is 0.497. The largest absolute Gasteiger partial charge is 0.389 e. The zero-order valence-corrected chi connectivity index (χ0v) is 8.71. The van der Waals surface area contributed by atoms with Crippen molar-refractivity contribution in [1.82, 2.24) is 5.32 Å². The number of hydrogen-bond acceptors (Lipinski definition) is 2. The number of aliphatic hydroxyl groups is 1. The molecule has 1 aliphatic carbocycles. The lowest BCUT2D eigenvalue weighted by Gasteiger charge is -2.27. The average molecular weight is 183 g/mol. The van der Waals surface area contributed by atoms with Crippen LogP contribution in [-0.2, 0) is 0 Å². The molecule has 0 heterocycles. The van der Waals surface area contributed by atoms with Gasteiger partial charge in [-0.15, -0.1) is 0 Å². The molecular weight excluding hydrogens is 162 g/mol. The van der Waals surface area contributed by atoms with Crippen LogP contribution in [0.25, 0.3) is 0 Å². The molecule has 0 aromatic carbocycles. The van der Waals surface area contributed by atoms with Crippen molar-refractivity contribution in [3.8, 4) is 0 Å². The van der Waals surface area contributed by atoms with Gasteiger partial charge in [0.15, 0.2) is 0 Å². The SMILES string of the molecule is CCC(O)(CC)CNC1CC=CC1. The van der Waals surface area contributed by atoms with Gasteiger partial charge in [-0.3, -0.25) is 0 Å². The molecule has 1 rings (SSSR count). The Bertz CT molecular complexity index is 165. The van der Waals surface area contributed by atoms with Gasteiger partial charge in [-0.2, -0.15) is 0 Å². The molecule has 2 heteroatoms. The minimum atomic E-state index is -0.497. The number of hydrogen-bond donors (Lipinski definition) is 2. The fourth-order valence-electron chi connectivity index (χ4n) is 1.62. The summed E-state index contributed by atoms with van der Waals surface area (Å²) in [5, 5.41) is 13.4. The summed E-state index contributed by atoms with van der Waals surface area (Å²) < 4.78 is 0. The monoisotopic (exact) mass is 183 g/mol. The van der Waals surface area contributed by atoms with E-state index < -0.39 is 5.60 Å². The van der Waals surface area contributed by atoms with Crippen LogP contribution in [0.2, 0.25) is 0 Å². The summed E-state index contributed by atoms with van der Waals surface area (Å²) in [6.07, 6.45) is 8.30. The van der Waals surface area contributed by atoms with Gasteiger partial charge in [0.2, 0.25) is 0 Å². The first-order valence-corrected chi connectivity index (χ1v) is 5.31. The normalized spacial score (nSPS) is 18.4. The van der Waals surface area contributed by atoms with E-state index in [4.69, 9.17) is 0 Å². The summed E-state index contributed by atoms with van der Waals surface area (Å²) in [5.41, 5.74) is -0.497. The summed E-state index contributed by atoms with van der Waals surface area (Å²) in [7, 11) is 0. The van der Waals surface area contributed by atoms with E-state index in [9.17, 15) is 5.11 Å². The van der Waals surface area contributed by atoms with Gasteiger partial charge in [-0.05, 0) is 25.7 Å². The summed E-state index contributed by atoms with van der Waals surface area (Å²) in [5.74, 6) is 0. The Hall–Kier alpha value is -0.340. The molecule has 0 unspecified atom stereocenters. The highest BCUT2D eigenvalue weighted by molar-refractivity contribution is 4.98. The molecule has 0 spiro atoms. The highest BCUT2D eigenvalue weighted by atomic mass is 16.3. The molecule has 0 atom stereocenters. The molecule has 0 aliphatic heterocycles. The molecule has 13 heavy (non-hydrogen) atoms. The van der Waals surface area contributed by atoms with E-state index in [1.165, 1.54) is 0 Å². The molecule has 0 radical (unpaired) electrons. The van der Waals surface area contributed by atoms with Crippen molar-refractivity contribution in [3.63, 3.8) is 0 Å². The quantitative estimate of drug-likeness (QED) is 0.637. The van der Waals surface area contributed by atoms with Gasteiger partial charge >= 0.3 is 0 Å². The maximum Gasteiger partial charge on any atom is 0.0766 e. The second-order valence-electron chi connectivity index (χ2n) is 3.95. The zero-order chi connectivity index (χ0) is 9.73. The Labute approximate surface area is 81.0 Å². The third-order valence-electron chi connectivity index (χ3n) is 3.04. The Morgan fingerprint density at radius 3 is 2.31 bits per heavy atom. The third kappa shape index (κ3) is 3.12. The topological polar surface area (TPSA) is 32.3 Å². The van der Waals surface area contributed by atoms with Crippen LogP contribution in [0.5, 0.6) is 0 Å². The summed E-state index contributed by atoms with van der Waals surface area (Å²) >= 11 is 0. The molecule has 76 valence electrons. The maximum absolute atomic E-state index is 10.0. The lowest BCUT2D eigenvalue weighted by atomic mass is 9.97. The van der Waals surface area contributed by atoms with Gasteiger partial charge in [-0.1, -0.05) is 26.0 Å². The van der Waals surface area contributed by atoms with Crippen LogP contribution in [-0.4, -0.2) is 23.3 Å². The van der Waals surface area contributed by atoms with Crippen LogP contribution < -0.4 is 5.32 Å². The van der Waals surface area contributed by atoms with E-state index in [-0.39, 0.29) is 0 Å². The van der Waals surface area contributed by atoms with E-state index in [2.05, 4.69) is 17.5 Å². The lowest BCUT2D eigenvalue weighted by Crippen LogP contribution is -2.43. The van der Waals surface area contributed by atoms with E-state index in [1.54, 1.807) is 0 Å². The molecule has 2 nitrogen and oxygen atoms in total. The Morgan fingerprint density at radius 2 is 1.85 bits per heavy atom. The third-order valence-corrected chi connectivity index (χ3v) is 3.04. The molecule has 0 aromatic heterocycles. The van der Waals surface area contributed by atoms with Gasteiger partial charge in [0, 0.05) is 12.6 Å². The van der Waals surface area contributed by atoms with Crippen molar-refractivity contribution in [2.45, 2.75) is 51.2 Å². The first kappa shape index (κ1) is 10.7. The molecule has 0 saturated carbocycles. The second kappa shape index (κ2) is 4.77. The van der Waals surface area contributed by atoms with Gasteiger partial charge in [0.25, 0.3) is 0 Å². The molecule has 0 fully saturated rings. The van der Waals surface area contributed by atoms with E-state index >= 15 is 0 Å². The highest BCUT2D eigenvalue weighted by Gasteiger charge is 2.23. The number of rotatable bonds is 5. The van der Waals surface area contributed by atoms with Gasteiger partial charge < -0.3 is 10.4 Å². The smallest absolute Gasteiger partial charge is 0.0766 e. The standard InChI is InChI=1S/C11H21NO/c1-3-11(13,4-2)9-12-10-7-5-6-8-10/h5-6,10,12-13H,3-4,7-9H2,1-2H3. The Kier molecular flexibility index (Phi) is 3.94. The average Bonchev–Trinajstić information content (AvgIpc) is 2.67. The van der Waals surface area contributed by atoms with Crippen molar-refractivity contribution in [3.05, 3.63) is 12.2 Å². The molecular formula is C11H21NO. The highest BCUT2D eigenvalue weighted by Crippen LogP contribution is 2.15. The van der Waals surface area contributed by atoms with E-state index in [1.807, 2.05) is 13.8 Å². The first-order valence-electron chi connectivity index (χ1n) is 5.31. The second-order valence-corrected chi connectivity index (χ2v) is 3.95.